The molecule has 5 nitrogen and oxygen atoms in total. The van der Waals surface area contributed by atoms with Gasteiger partial charge in [0.2, 0.25) is 6.08 Å². The maximum atomic E-state index is 10.4. The molecule has 0 rings (SSSR count). The molecular weight excluding hydrogens is 258 g/mol. The second kappa shape index (κ2) is 10.2. The van der Waals surface area contributed by atoms with Crippen molar-refractivity contribution in [3.63, 3.8) is 0 Å². The van der Waals surface area contributed by atoms with Crippen molar-refractivity contribution in [1.29, 1.82) is 0 Å². The molecule has 0 amide bonds. The minimum absolute atomic E-state index is 0.00681. The number of aliphatic imine (C=N–C) groups is 1. The van der Waals surface area contributed by atoms with Gasteiger partial charge in [-0.2, -0.15) is 0 Å². The third kappa shape index (κ3) is 10.4. The third-order valence-electron chi connectivity index (χ3n) is 2.45. The van der Waals surface area contributed by atoms with Gasteiger partial charge < -0.3 is 14.6 Å². The fraction of sp³-hybridized carbons (Fsp3) is 0.667. The van der Waals surface area contributed by atoms with Crippen LogP contribution in [0.15, 0.2) is 28.7 Å². The van der Waals surface area contributed by atoms with Crippen LogP contribution in [0.2, 0.25) is 0 Å². The van der Waals surface area contributed by atoms with Crippen LogP contribution in [-0.2, 0) is 14.3 Å². The van der Waals surface area contributed by atoms with Crippen molar-refractivity contribution in [1.82, 2.24) is 0 Å². The van der Waals surface area contributed by atoms with Gasteiger partial charge in [0.05, 0.1) is 37.9 Å². The van der Waals surface area contributed by atoms with Gasteiger partial charge in [-0.05, 0) is 38.8 Å². The van der Waals surface area contributed by atoms with Gasteiger partial charge in [0.1, 0.15) is 0 Å². The minimum atomic E-state index is -1.11. The first-order chi connectivity index (χ1) is 9.39. The molecule has 0 aromatic carbocycles. The molecule has 0 spiro atoms. The van der Waals surface area contributed by atoms with Gasteiger partial charge >= 0.3 is 0 Å². The quantitative estimate of drug-likeness (QED) is 0.290. The Balaban J connectivity index is 4.30. The van der Waals surface area contributed by atoms with E-state index in [4.69, 9.17) is 9.47 Å². The first kappa shape index (κ1) is 18.4. The summed E-state index contributed by atoms with van der Waals surface area (Å²) >= 11 is 0. The number of nitrogens with zero attached hydrogens (tertiary/aromatic N) is 1. The molecule has 0 radical (unpaired) electrons. The van der Waals surface area contributed by atoms with Crippen LogP contribution in [0.1, 0.15) is 40.5 Å². The van der Waals surface area contributed by atoms with E-state index in [-0.39, 0.29) is 6.54 Å². The summed E-state index contributed by atoms with van der Waals surface area (Å²) in [7, 11) is 0. The van der Waals surface area contributed by atoms with E-state index in [0.717, 1.165) is 11.1 Å². The van der Waals surface area contributed by atoms with Gasteiger partial charge in [-0.25, -0.2) is 9.79 Å². The molecule has 0 saturated heterocycles. The zero-order valence-corrected chi connectivity index (χ0v) is 12.8. The predicted octanol–water partition coefficient (Wildman–Crippen LogP) is 2.71. The standard InChI is InChI=1S/C15H25NO4/c1-13(2)9-19-7-5-15(18,11-16-12-17)6-8-20-10-14(3)4/h9-10,18H,5-8,11H2,1-4H3. The summed E-state index contributed by atoms with van der Waals surface area (Å²) < 4.78 is 10.6. The van der Waals surface area contributed by atoms with E-state index < -0.39 is 5.60 Å². The number of carbonyl (C=O) groups excluding carboxylic acids is 1. The van der Waals surface area contributed by atoms with Crippen LogP contribution >= 0.6 is 0 Å². The second-order valence-corrected chi connectivity index (χ2v) is 5.26. The molecule has 0 saturated carbocycles. The molecule has 0 aromatic rings. The van der Waals surface area contributed by atoms with Crippen molar-refractivity contribution in [3.8, 4) is 0 Å². The average molecular weight is 283 g/mol. The van der Waals surface area contributed by atoms with Crippen LogP contribution in [0.3, 0.4) is 0 Å². The van der Waals surface area contributed by atoms with Gasteiger partial charge in [-0.1, -0.05) is 0 Å². The Kier molecular flexibility index (Phi) is 9.43. The number of hydrogen-bond acceptors (Lipinski definition) is 5. The van der Waals surface area contributed by atoms with Crippen molar-refractivity contribution < 1.29 is 19.4 Å². The van der Waals surface area contributed by atoms with E-state index >= 15 is 0 Å². The maximum absolute atomic E-state index is 10.4. The molecule has 0 fully saturated rings. The van der Waals surface area contributed by atoms with Crippen LogP contribution in [0.5, 0.6) is 0 Å². The molecule has 20 heavy (non-hydrogen) atoms. The summed E-state index contributed by atoms with van der Waals surface area (Å²) in [5.74, 6) is 0. The van der Waals surface area contributed by atoms with E-state index in [0.29, 0.717) is 26.1 Å². The number of rotatable bonds is 10. The average Bonchev–Trinajstić information content (AvgIpc) is 2.37. The Hall–Kier alpha value is -1.58. The van der Waals surface area contributed by atoms with Crippen molar-refractivity contribution in [2.45, 2.75) is 46.1 Å². The summed E-state index contributed by atoms with van der Waals surface area (Å²) in [5.41, 5.74) is 0.986. The predicted molar refractivity (Wildman–Crippen MR) is 77.9 cm³/mol. The Morgan fingerprint density at radius 1 is 1.10 bits per heavy atom. The first-order valence-corrected chi connectivity index (χ1v) is 6.65. The normalized spacial score (nSPS) is 10.2. The Labute approximate surface area is 121 Å². The molecule has 114 valence electrons. The van der Waals surface area contributed by atoms with Gasteiger partial charge in [-0.15, -0.1) is 0 Å². The van der Waals surface area contributed by atoms with E-state index in [1.807, 2.05) is 27.7 Å². The summed E-state index contributed by atoms with van der Waals surface area (Å²) in [4.78, 5) is 13.7. The van der Waals surface area contributed by atoms with E-state index in [2.05, 4.69) is 4.99 Å². The highest BCUT2D eigenvalue weighted by atomic mass is 16.5. The number of ether oxygens (including phenoxy) is 2. The Morgan fingerprint density at radius 3 is 1.90 bits per heavy atom. The molecule has 0 bridgehead atoms. The van der Waals surface area contributed by atoms with Gasteiger partial charge in [0.15, 0.2) is 0 Å². The van der Waals surface area contributed by atoms with Crippen molar-refractivity contribution in [2.24, 2.45) is 4.99 Å². The van der Waals surface area contributed by atoms with Crippen LogP contribution in [0, 0.1) is 0 Å². The lowest BCUT2D eigenvalue weighted by Crippen LogP contribution is -2.35. The lowest BCUT2D eigenvalue weighted by molar-refractivity contribution is -0.000793. The largest absolute Gasteiger partial charge is 0.501 e. The van der Waals surface area contributed by atoms with Crippen LogP contribution in [0.4, 0.5) is 0 Å². The second-order valence-electron chi connectivity index (χ2n) is 5.26. The van der Waals surface area contributed by atoms with Gasteiger partial charge in [0, 0.05) is 12.8 Å². The molecule has 0 aliphatic carbocycles. The van der Waals surface area contributed by atoms with Crippen LogP contribution < -0.4 is 0 Å². The summed E-state index contributed by atoms with van der Waals surface area (Å²) in [5, 5.41) is 10.4. The maximum Gasteiger partial charge on any atom is 0.235 e. The summed E-state index contributed by atoms with van der Waals surface area (Å²) in [6.45, 7) is 8.43. The molecular formula is C15H25NO4. The zero-order valence-electron chi connectivity index (χ0n) is 12.8. The highest BCUT2D eigenvalue weighted by Crippen LogP contribution is 2.17. The van der Waals surface area contributed by atoms with E-state index in [1.54, 1.807) is 12.5 Å². The Morgan fingerprint density at radius 2 is 1.55 bits per heavy atom. The van der Waals surface area contributed by atoms with Crippen molar-refractivity contribution in [3.05, 3.63) is 23.7 Å². The van der Waals surface area contributed by atoms with Gasteiger partial charge in [0.25, 0.3) is 0 Å². The molecule has 0 heterocycles. The van der Waals surface area contributed by atoms with Gasteiger partial charge in [-0.3, -0.25) is 0 Å². The highest BCUT2D eigenvalue weighted by Gasteiger charge is 2.26. The van der Waals surface area contributed by atoms with Crippen molar-refractivity contribution in [2.75, 3.05) is 19.8 Å². The topological polar surface area (TPSA) is 68.1 Å². The molecule has 0 aliphatic heterocycles. The smallest absolute Gasteiger partial charge is 0.235 e. The molecule has 1 N–H and O–H groups in total. The lowest BCUT2D eigenvalue weighted by Gasteiger charge is -2.25. The molecule has 0 atom stereocenters. The summed E-state index contributed by atoms with van der Waals surface area (Å²) in [6.07, 6.45) is 5.48. The molecule has 0 unspecified atom stereocenters. The third-order valence-corrected chi connectivity index (χ3v) is 2.45. The SMILES string of the molecule is CC(C)=COCCC(O)(CCOC=C(C)C)CN=C=O. The molecule has 0 aromatic heterocycles. The number of hydrogen-bond donors (Lipinski definition) is 1. The summed E-state index contributed by atoms with van der Waals surface area (Å²) in [6, 6.07) is 0. The van der Waals surface area contributed by atoms with E-state index in [1.165, 1.54) is 6.08 Å². The fourth-order valence-electron chi connectivity index (χ4n) is 1.41. The van der Waals surface area contributed by atoms with Crippen LogP contribution in [-0.4, -0.2) is 36.5 Å². The first-order valence-electron chi connectivity index (χ1n) is 6.65. The number of isocyanates is 1. The van der Waals surface area contributed by atoms with E-state index in [9.17, 15) is 9.90 Å². The number of allylic oxidation sites excluding steroid dienone is 2. The zero-order chi connectivity index (χ0) is 15.4. The minimum Gasteiger partial charge on any atom is -0.501 e. The number of aliphatic hydroxyl groups is 1. The highest BCUT2D eigenvalue weighted by molar-refractivity contribution is 5.33. The van der Waals surface area contributed by atoms with Crippen molar-refractivity contribution >= 4 is 6.08 Å². The molecule has 0 aliphatic rings. The van der Waals surface area contributed by atoms with Crippen LogP contribution in [0.25, 0.3) is 0 Å². The fourth-order valence-corrected chi connectivity index (χ4v) is 1.41. The Bertz CT molecular complexity index is 349. The lowest BCUT2D eigenvalue weighted by atomic mass is 9.96. The monoisotopic (exact) mass is 283 g/mol. The molecule has 5 heteroatoms.